The van der Waals surface area contributed by atoms with E-state index >= 15 is 0 Å². The first-order valence-corrected chi connectivity index (χ1v) is 9.91. The van der Waals surface area contributed by atoms with Crippen molar-refractivity contribution in [3.8, 4) is 5.75 Å². The number of benzene rings is 1. The van der Waals surface area contributed by atoms with E-state index < -0.39 is 0 Å². The number of nitrogens with two attached hydrogens (primary N) is 1. The van der Waals surface area contributed by atoms with E-state index in [0.717, 1.165) is 43.9 Å². The van der Waals surface area contributed by atoms with Gasteiger partial charge in [0, 0.05) is 24.7 Å². The lowest BCUT2D eigenvalue weighted by molar-refractivity contribution is 0.0681. The summed E-state index contributed by atoms with van der Waals surface area (Å²) in [6.07, 6.45) is 8.62. The molecule has 1 atom stereocenters. The number of amides is 1. The number of carbonyl (C=O) groups excluding carboxylic acids is 1. The van der Waals surface area contributed by atoms with Gasteiger partial charge in [-0.1, -0.05) is 19.3 Å². The smallest absolute Gasteiger partial charge is 0.253 e. The van der Waals surface area contributed by atoms with E-state index in [2.05, 4.69) is 6.92 Å². The minimum Gasteiger partial charge on any atom is -0.493 e. The zero-order chi connectivity index (χ0) is 17.6. The SMILES string of the molecule is CC(N)C1CCN(C(=O)c2ccc(OCC3CCCCC3)cc2)CC1.Cl. The molecule has 1 saturated carbocycles. The maximum atomic E-state index is 12.6. The molecule has 3 rings (SSSR count). The number of hydrogen-bond acceptors (Lipinski definition) is 3. The van der Waals surface area contributed by atoms with Crippen LogP contribution >= 0.6 is 12.4 Å². The minimum absolute atomic E-state index is 0. The van der Waals surface area contributed by atoms with Gasteiger partial charge in [0.1, 0.15) is 5.75 Å². The highest BCUT2D eigenvalue weighted by atomic mass is 35.5. The van der Waals surface area contributed by atoms with Crippen molar-refractivity contribution in [1.82, 2.24) is 4.90 Å². The van der Waals surface area contributed by atoms with Crippen LogP contribution in [0.3, 0.4) is 0 Å². The summed E-state index contributed by atoms with van der Waals surface area (Å²) >= 11 is 0. The molecule has 4 nitrogen and oxygen atoms in total. The maximum Gasteiger partial charge on any atom is 0.253 e. The van der Waals surface area contributed by atoms with Gasteiger partial charge in [0.05, 0.1) is 6.61 Å². The maximum absolute atomic E-state index is 12.6. The van der Waals surface area contributed by atoms with Gasteiger partial charge in [-0.05, 0) is 68.7 Å². The number of ether oxygens (including phenoxy) is 1. The van der Waals surface area contributed by atoms with Crippen molar-refractivity contribution in [2.75, 3.05) is 19.7 Å². The molecule has 26 heavy (non-hydrogen) atoms. The first kappa shape index (κ1) is 21.0. The van der Waals surface area contributed by atoms with E-state index in [1.807, 2.05) is 29.2 Å². The standard InChI is InChI=1S/C21H32N2O2.ClH/c1-16(22)18-11-13-23(14-12-18)21(24)19-7-9-20(10-8-19)25-15-17-5-3-2-4-6-17;/h7-10,16-18H,2-6,11-15,22H2,1H3;1H. The molecule has 0 aromatic heterocycles. The van der Waals surface area contributed by atoms with Crippen LogP contribution in [0.15, 0.2) is 24.3 Å². The highest BCUT2D eigenvalue weighted by molar-refractivity contribution is 5.94. The van der Waals surface area contributed by atoms with E-state index in [0.29, 0.717) is 11.8 Å². The minimum atomic E-state index is 0. The van der Waals surface area contributed by atoms with Crippen molar-refractivity contribution in [2.45, 2.75) is 57.9 Å². The lowest BCUT2D eigenvalue weighted by Gasteiger charge is -2.33. The Labute approximate surface area is 163 Å². The quantitative estimate of drug-likeness (QED) is 0.829. The first-order chi connectivity index (χ1) is 12.1. The summed E-state index contributed by atoms with van der Waals surface area (Å²) in [4.78, 5) is 14.6. The van der Waals surface area contributed by atoms with E-state index in [1.54, 1.807) is 0 Å². The van der Waals surface area contributed by atoms with E-state index in [-0.39, 0.29) is 24.4 Å². The summed E-state index contributed by atoms with van der Waals surface area (Å²) in [5.41, 5.74) is 6.74. The molecule has 2 aliphatic rings. The Morgan fingerprint density at radius 2 is 1.73 bits per heavy atom. The van der Waals surface area contributed by atoms with Gasteiger partial charge in [-0.15, -0.1) is 12.4 Å². The Morgan fingerprint density at radius 3 is 2.31 bits per heavy atom. The molecule has 1 aliphatic heterocycles. The molecule has 2 fully saturated rings. The highest BCUT2D eigenvalue weighted by Gasteiger charge is 2.25. The number of halogens is 1. The number of likely N-dealkylation sites (tertiary alicyclic amines) is 1. The molecule has 1 aromatic carbocycles. The zero-order valence-corrected chi connectivity index (χ0v) is 16.7. The molecule has 146 valence electrons. The van der Waals surface area contributed by atoms with E-state index in [4.69, 9.17) is 10.5 Å². The zero-order valence-electron chi connectivity index (χ0n) is 15.9. The number of carbonyl (C=O) groups is 1. The number of nitrogens with zero attached hydrogens (tertiary/aromatic N) is 1. The van der Waals surface area contributed by atoms with Crippen LogP contribution in [0.2, 0.25) is 0 Å². The molecule has 1 unspecified atom stereocenters. The molecule has 1 saturated heterocycles. The summed E-state index contributed by atoms with van der Waals surface area (Å²) in [6.45, 7) is 4.49. The average molecular weight is 381 g/mol. The Morgan fingerprint density at radius 1 is 1.12 bits per heavy atom. The second kappa shape index (κ2) is 10.2. The van der Waals surface area contributed by atoms with Crippen molar-refractivity contribution in [2.24, 2.45) is 17.6 Å². The first-order valence-electron chi connectivity index (χ1n) is 9.91. The van der Waals surface area contributed by atoms with Gasteiger partial charge in [0.2, 0.25) is 0 Å². The Hall–Kier alpha value is -1.26. The molecular weight excluding hydrogens is 348 g/mol. The van der Waals surface area contributed by atoms with Crippen LogP contribution in [0.1, 0.15) is 62.2 Å². The normalized spacial score (nSPS) is 20.3. The predicted octanol–water partition coefficient (Wildman–Crippen LogP) is 4.27. The Kier molecular flexibility index (Phi) is 8.23. The second-order valence-electron chi connectivity index (χ2n) is 7.83. The molecular formula is C21H33ClN2O2. The van der Waals surface area contributed by atoms with Crippen LogP contribution in [-0.2, 0) is 0 Å². The van der Waals surface area contributed by atoms with Crippen LogP contribution in [-0.4, -0.2) is 36.5 Å². The largest absolute Gasteiger partial charge is 0.493 e. The summed E-state index contributed by atoms with van der Waals surface area (Å²) < 4.78 is 5.93. The van der Waals surface area contributed by atoms with Crippen molar-refractivity contribution in [3.05, 3.63) is 29.8 Å². The van der Waals surface area contributed by atoms with Crippen LogP contribution in [0.25, 0.3) is 0 Å². The summed E-state index contributed by atoms with van der Waals surface area (Å²) in [5, 5.41) is 0. The molecule has 1 aromatic rings. The van der Waals surface area contributed by atoms with Crippen LogP contribution in [0, 0.1) is 11.8 Å². The monoisotopic (exact) mass is 380 g/mol. The highest BCUT2D eigenvalue weighted by Crippen LogP contribution is 2.25. The van der Waals surface area contributed by atoms with Gasteiger partial charge in [0.25, 0.3) is 5.91 Å². The van der Waals surface area contributed by atoms with Crippen LogP contribution < -0.4 is 10.5 Å². The summed E-state index contributed by atoms with van der Waals surface area (Å²) in [5.74, 6) is 2.24. The van der Waals surface area contributed by atoms with Gasteiger partial charge in [0.15, 0.2) is 0 Å². The number of piperidine rings is 1. The lowest BCUT2D eigenvalue weighted by atomic mass is 9.90. The molecule has 0 radical (unpaired) electrons. The number of hydrogen-bond donors (Lipinski definition) is 1. The van der Waals surface area contributed by atoms with E-state index in [9.17, 15) is 4.79 Å². The predicted molar refractivity (Wildman–Crippen MR) is 108 cm³/mol. The van der Waals surface area contributed by atoms with Crippen molar-refractivity contribution >= 4 is 18.3 Å². The molecule has 0 bridgehead atoms. The summed E-state index contributed by atoms with van der Waals surface area (Å²) in [7, 11) is 0. The van der Waals surface area contributed by atoms with Gasteiger partial charge in [-0.2, -0.15) is 0 Å². The molecule has 5 heteroatoms. The van der Waals surface area contributed by atoms with E-state index in [1.165, 1.54) is 32.1 Å². The Bertz CT molecular complexity index is 548. The number of rotatable bonds is 5. The molecule has 2 N–H and O–H groups in total. The summed E-state index contributed by atoms with van der Waals surface area (Å²) in [6, 6.07) is 7.89. The second-order valence-corrected chi connectivity index (χ2v) is 7.83. The van der Waals surface area contributed by atoms with Gasteiger partial charge < -0.3 is 15.4 Å². The van der Waals surface area contributed by atoms with Crippen LogP contribution in [0.5, 0.6) is 5.75 Å². The van der Waals surface area contributed by atoms with Gasteiger partial charge >= 0.3 is 0 Å². The van der Waals surface area contributed by atoms with Crippen molar-refractivity contribution < 1.29 is 9.53 Å². The van der Waals surface area contributed by atoms with Gasteiger partial charge in [-0.25, -0.2) is 0 Å². The average Bonchev–Trinajstić information content (AvgIpc) is 2.67. The van der Waals surface area contributed by atoms with Crippen molar-refractivity contribution in [1.29, 1.82) is 0 Å². The molecule has 1 aliphatic carbocycles. The van der Waals surface area contributed by atoms with Gasteiger partial charge in [-0.3, -0.25) is 4.79 Å². The van der Waals surface area contributed by atoms with Crippen LogP contribution in [0.4, 0.5) is 0 Å². The molecule has 1 heterocycles. The fourth-order valence-corrected chi connectivity index (χ4v) is 4.07. The molecule has 1 amide bonds. The fourth-order valence-electron chi connectivity index (χ4n) is 4.07. The third kappa shape index (κ3) is 5.62. The molecule has 0 spiro atoms. The van der Waals surface area contributed by atoms with Crippen molar-refractivity contribution in [3.63, 3.8) is 0 Å². The fraction of sp³-hybridized carbons (Fsp3) is 0.667. The third-order valence-corrected chi connectivity index (χ3v) is 5.88. The third-order valence-electron chi connectivity index (χ3n) is 5.88. The topological polar surface area (TPSA) is 55.6 Å². The lowest BCUT2D eigenvalue weighted by Crippen LogP contribution is -2.42. The Balaban J connectivity index is 0.00000243.